The standard InChI is InChI=1S/C6H6ClN3O4/c1-2-14-6(11)4-3(7)5(9-8-4)10(12)13/h5H,2H2,1H3. The number of hydrogen-bond acceptors (Lipinski definition) is 6. The van der Waals surface area contributed by atoms with E-state index in [1.54, 1.807) is 6.92 Å². The van der Waals surface area contributed by atoms with Crippen molar-refractivity contribution >= 4 is 17.6 Å². The third-order valence-corrected chi connectivity index (χ3v) is 1.76. The number of hydrogen-bond donors (Lipinski definition) is 0. The third-order valence-electron chi connectivity index (χ3n) is 1.39. The van der Waals surface area contributed by atoms with Crippen LogP contribution in [0.15, 0.2) is 21.0 Å². The maximum absolute atomic E-state index is 11.1. The van der Waals surface area contributed by atoms with E-state index in [4.69, 9.17) is 11.6 Å². The molecule has 0 aromatic rings. The van der Waals surface area contributed by atoms with Gasteiger partial charge in [0.05, 0.1) is 11.5 Å². The molecule has 0 bridgehead atoms. The van der Waals surface area contributed by atoms with E-state index in [0.717, 1.165) is 0 Å². The largest absolute Gasteiger partial charge is 0.461 e. The summed E-state index contributed by atoms with van der Waals surface area (Å²) < 4.78 is 4.57. The molecule has 1 heterocycles. The number of azo groups is 1. The molecule has 8 heteroatoms. The number of esters is 1. The Morgan fingerprint density at radius 3 is 2.86 bits per heavy atom. The second-order valence-electron chi connectivity index (χ2n) is 2.29. The Morgan fingerprint density at radius 1 is 1.79 bits per heavy atom. The van der Waals surface area contributed by atoms with E-state index >= 15 is 0 Å². The molecule has 0 aromatic heterocycles. The molecule has 1 aliphatic heterocycles. The molecule has 1 atom stereocenters. The Morgan fingerprint density at radius 2 is 2.43 bits per heavy atom. The van der Waals surface area contributed by atoms with Crippen molar-refractivity contribution < 1.29 is 14.5 Å². The second kappa shape index (κ2) is 4.14. The van der Waals surface area contributed by atoms with E-state index in [0.29, 0.717) is 0 Å². The summed E-state index contributed by atoms with van der Waals surface area (Å²) in [6, 6.07) is 0. The van der Waals surface area contributed by atoms with Crippen molar-refractivity contribution in [1.82, 2.24) is 0 Å². The highest BCUT2D eigenvalue weighted by atomic mass is 35.5. The number of carbonyl (C=O) groups is 1. The Bertz CT molecular complexity index is 338. The van der Waals surface area contributed by atoms with E-state index in [1.165, 1.54) is 0 Å². The summed E-state index contributed by atoms with van der Waals surface area (Å²) in [6.45, 7) is 1.74. The van der Waals surface area contributed by atoms with Gasteiger partial charge >= 0.3 is 12.1 Å². The fraction of sp³-hybridized carbons (Fsp3) is 0.500. The summed E-state index contributed by atoms with van der Waals surface area (Å²) in [5, 5.41) is 16.5. The van der Waals surface area contributed by atoms with Crippen LogP contribution in [0.3, 0.4) is 0 Å². The predicted octanol–water partition coefficient (Wildman–Crippen LogP) is 1.07. The topological polar surface area (TPSA) is 94.2 Å². The van der Waals surface area contributed by atoms with Gasteiger partial charge in [0.15, 0.2) is 10.7 Å². The average Bonchev–Trinajstić information content (AvgIpc) is 2.47. The monoisotopic (exact) mass is 219 g/mol. The van der Waals surface area contributed by atoms with Crippen molar-refractivity contribution in [2.24, 2.45) is 10.2 Å². The molecule has 0 aromatic carbocycles. The summed E-state index contributed by atoms with van der Waals surface area (Å²) in [6.07, 6.45) is -1.48. The lowest BCUT2D eigenvalue weighted by Gasteiger charge is -1.98. The minimum Gasteiger partial charge on any atom is -0.461 e. The second-order valence-corrected chi connectivity index (χ2v) is 2.70. The van der Waals surface area contributed by atoms with Gasteiger partial charge in [0.1, 0.15) is 0 Å². The quantitative estimate of drug-likeness (QED) is 0.403. The SMILES string of the molecule is CCOC(=O)C1=C(Cl)C([N+](=O)[O-])N=N1. The van der Waals surface area contributed by atoms with Gasteiger partial charge in [0.2, 0.25) is 0 Å². The Hall–Kier alpha value is -1.50. The zero-order chi connectivity index (χ0) is 10.7. The molecule has 0 N–H and O–H groups in total. The number of rotatable bonds is 3. The van der Waals surface area contributed by atoms with Crippen molar-refractivity contribution in [2.45, 2.75) is 13.1 Å². The summed E-state index contributed by atoms with van der Waals surface area (Å²) >= 11 is 5.52. The van der Waals surface area contributed by atoms with Crippen LogP contribution in [-0.4, -0.2) is 23.7 Å². The maximum Gasteiger partial charge on any atom is 0.360 e. The Kier molecular flexibility index (Phi) is 3.13. The van der Waals surface area contributed by atoms with Crippen molar-refractivity contribution in [3.8, 4) is 0 Å². The normalized spacial score (nSPS) is 20.0. The van der Waals surface area contributed by atoms with Gasteiger partial charge in [0, 0.05) is 0 Å². The highest BCUT2D eigenvalue weighted by Crippen LogP contribution is 2.26. The van der Waals surface area contributed by atoms with E-state index < -0.39 is 17.1 Å². The van der Waals surface area contributed by atoms with Crippen LogP contribution in [0.25, 0.3) is 0 Å². The van der Waals surface area contributed by atoms with E-state index in [1.807, 2.05) is 0 Å². The van der Waals surface area contributed by atoms with Crippen molar-refractivity contribution in [3.63, 3.8) is 0 Å². The molecule has 1 unspecified atom stereocenters. The molecule has 7 nitrogen and oxygen atoms in total. The molecule has 0 spiro atoms. The predicted molar refractivity (Wildman–Crippen MR) is 45.2 cm³/mol. The van der Waals surface area contributed by atoms with Crippen molar-refractivity contribution in [2.75, 3.05) is 6.61 Å². The van der Waals surface area contributed by atoms with Crippen LogP contribution in [0.4, 0.5) is 0 Å². The highest BCUT2D eigenvalue weighted by molar-refractivity contribution is 6.32. The lowest BCUT2D eigenvalue weighted by molar-refractivity contribution is -0.508. The number of nitro groups is 1. The van der Waals surface area contributed by atoms with Crippen LogP contribution in [0, 0.1) is 10.1 Å². The molecular weight excluding hydrogens is 214 g/mol. The molecule has 0 amide bonds. The zero-order valence-electron chi connectivity index (χ0n) is 7.14. The summed E-state index contributed by atoms with van der Waals surface area (Å²) in [4.78, 5) is 20.7. The number of halogens is 1. The average molecular weight is 220 g/mol. The van der Waals surface area contributed by atoms with E-state index in [9.17, 15) is 14.9 Å². The molecule has 76 valence electrons. The molecule has 14 heavy (non-hydrogen) atoms. The van der Waals surface area contributed by atoms with Crippen LogP contribution in [0.5, 0.6) is 0 Å². The molecule has 0 aliphatic carbocycles. The molecule has 0 saturated carbocycles. The van der Waals surface area contributed by atoms with Crippen molar-refractivity contribution in [1.29, 1.82) is 0 Å². The fourth-order valence-corrected chi connectivity index (χ4v) is 1.04. The number of ether oxygens (including phenoxy) is 1. The van der Waals surface area contributed by atoms with Gasteiger partial charge in [-0.2, -0.15) is 0 Å². The first-order valence-corrected chi connectivity index (χ1v) is 4.06. The van der Waals surface area contributed by atoms with Gasteiger partial charge in [-0.1, -0.05) is 11.6 Å². The summed E-state index contributed by atoms with van der Waals surface area (Å²) in [5.41, 5.74) is -0.296. The number of carbonyl (C=O) groups excluding carboxylic acids is 1. The summed E-state index contributed by atoms with van der Waals surface area (Å²) in [7, 11) is 0. The minimum atomic E-state index is -1.48. The van der Waals surface area contributed by atoms with Crippen LogP contribution in [-0.2, 0) is 9.53 Å². The molecule has 0 fully saturated rings. The van der Waals surface area contributed by atoms with Gasteiger partial charge < -0.3 is 4.74 Å². The highest BCUT2D eigenvalue weighted by Gasteiger charge is 2.35. The van der Waals surface area contributed by atoms with Gasteiger partial charge in [-0.05, 0) is 6.92 Å². The van der Waals surface area contributed by atoms with E-state index in [2.05, 4.69) is 15.0 Å². The lowest BCUT2D eigenvalue weighted by Crippen LogP contribution is -2.16. The van der Waals surface area contributed by atoms with Crippen LogP contribution in [0.2, 0.25) is 0 Å². The first kappa shape index (κ1) is 10.6. The van der Waals surface area contributed by atoms with Crippen LogP contribution < -0.4 is 0 Å². The molecule has 1 aliphatic rings. The fourth-order valence-electron chi connectivity index (χ4n) is 0.806. The number of nitrogens with zero attached hydrogens (tertiary/aromatic N) is 3. The molecular formula is C6H6ClN3O4. The lowest BCUT2D eigenvalue weighted by atomic mass is 10.4. The van der Waals surface area contributed by atoms with Crippen molar-refractivity contribution in [3.05, 3.63) is 20.8 Å². The smallest absolute Gasteiger partial charge is 0.360 e. The Balaban J connectivity index is 2.86. The minimum absolute atomic E-state index is 0.144. The van der Waals surface area contributed by atoms with Gasteiger partial charge in [0.25, 0.3) is 0 Å². The van der Waals surface area contributed by atoms with Crippen LogP contribution >= 0.6 is 11.6 Å². The van der Waals surface area contributed by atoms with Gasteiger partial charge in [-0.3, -0.25) is 10.1 Å². The van der Waals surface area contributed by atoms with Gasteiger partial charge in [-0.15, -0.1) is 10.2 Å². The Labute approximate surface area is 83.5 Å². The first-order chi connectivity index (χ1) is 6.57. The van der Waals surface area contributed by atoms with Crippen LogP contribution in [0.1, 0.15) is 6.92 Å². The molecule has 0 radical (unpaired) electrons. The molecule has 0 saturated heterocycles. The third kappa shape index (κ3) is 1.87. The van der Waals surface area contributed by atoms with Gasteiger partial charge in [-0.25, -0.2) is 4.79 Å². The maximum atomic E-state index is 11.1. The molecule has 1 rings (SSSR count). The first-order valence-electron chi connectivity index (χ1n) is 3.69. The summed E-state index contributed by atoms with van der Waals surface area (Å²) in [5.74, 6) is -0.800. The van der Waals surface area contributed by atoms with E-state index in [-0.39, 0.29) is 17.3 Å². The zero-order valence-corrected chi connectivity index (χ0v) is 7.89.